The molecule has 3 rings (SSSR count). The van der Waals surface area contributed by atoms with Gasteiger partial charge in [-0.05, 0) is 37.3 Å². The zero-order valence-electron chi connectivity index (χ0n) is 14.1. The molecule has 0 atom stereocenters. The largest absolute Gasteiger partial charge is 0.306 e. The normalized spacial score (nSPS) is 11.3. The quantitative estimate of drug-likeness (QED) is 0.762. The summed E-state index contributed by atoms with van der Waals surface area (Å²) < 4.78 is 38.7. The second-order valence-corrected chi connectivity index (χ2v) is 7.80. The number of hydrogen-bond donors (Lipinski definition) is 1. The van der Waals surface area contributed by atoms with Gasteiger partial charge in [-0.15, -0.1) is 0 Å². The van der Waals surface area contributed by atoms with Crippen LogP contribution in [0.25, 0.3) is 5.69 Å². The first kappa shape index (κ1) is 17.8. The first-order valence-corrected chi connectivity index (χ1v) is 9.58. The molecule has 0 aliphatic heterocycles. The van der Waals surface area contributed by atoms with E-state index in [1.807, 2.05) is 0 Å². The Balaban J connectivity index is 1.96. The highest BCUT2D eigenvalue weighted by atomic mass is 32.2. The Labute approximate surface area is 150 Å². The van der Waals surface area contributed by atoms with Crippen molar-refractivity contribution in [3.63, 3.8) is 0 Å². The highest BCUT2D eigenvalue weighted by molar-refractivity contribution is 7.90. The molecule has 0 aliphatic carbocycles. The van der Waals surface area contributed by atoms with Crippen LogP contribution in [-0.2, 0) is 9.84 Å². The maximum absolute atomic E-state index is 14.1. The first-order chi connectivity index (χ1) is 12.3. The fraction of sp³-hybridized carbons (Fsp3) is 0.111. The summed E-state index contributed by atoms with van der Waals surface area (Å²) in [4.78, 5) is 12.6. The maximum atomic E-state index is 14.1. The minimum absolute atomic E-state index is 0.0453. The number of carbonyl (C=O) groups is 1. The SMILES string of the molecule is Cc1cc(NC(=O)c2cccc(S(C)(=O)=O)c2)n(-c2ccccc2F)n1. The second-order valence-electron chi connectivity index (χ2n) is 5.79. The van der Waals surface area contributed by atoms with E-state index in [2.05, 4.69) is 10.4 Å². The van der Waals surface area contributed by atoms with Crippen LogP contribution in [0.2, 0.25) is 0 Å². The molecule has 6 nitrogen and oxygen atoms in total. The number of halogens is 1. The van der Waals surface area contributed by atoms with Gasteiger partial charge in [0.1, 0.15) is 17.3 Å². The number of nitrogens with zero attached hydrogens (tertiary/aromatic N) is 2. The van der Waals surface area contributed by atoms with E-state index in [0.29, 0.717) is 5.69 Å². The first-order valence-electron chi connectivity index (χ1n) is 7.69. The van der Waals surface area contributed by atoms with E-state index in [9.17, 15) is 17.6 Å². The number of sulfone groups is 1. The van der Waals surface area contributed by atoms with Crippen molar-refractivity contribution in [2.24, 2.45) is 0 Å². The highest BCUT2D eigenvalue weighted by Gasteiger charge is 2.16. The van der Waals surface area contributed by atoms with Crippen molar-refractivity contribution in [1.29, 1.82) is 0 Å². The lowest BCUT2D eigenvalue weighted by atomic mass is 10.2. The number of para-hydroxylation sites is 1. The molecule has 1 aromatic heterocycles. The smallest absolute Gasteiger partial charge is 0.256 e. The molecule has 8 heteroatoms. The number of hydrogen-bond acceptors (Lipinski definition) is 4. The number of anilines is 1. The molecule has 26 heavy (non-hydrogen) atoms. The van der Waals surface area contributed by atoms with E-state index in [0.717, 1.165) is 6.26 Å². The van der Waals surface area contributed by atoms with Crippen molar-refractivity contribution < 1.29 is 17.6 Å². The van der Waals surface area contributed by atoms with Gasteiger partial charge < -0.3 is 5.32 Å². The van der Waals surface area contributed by atoms with Crippen LogP contribution in [0.1, 0.15) is 16.1 Å². The lowest BCUT2D eigenvalue weighted by Crippen LogP contribution is -2.16. The summed E-state index contributed by atoms with van der Waals surface area (Å²) in [5, 5.41) is 6.86. The molecule has 0 saturated heterocycles. The highest BCUT2D eigenvalue weighted by Crippen LogP contribution is 2.21. The van der Waals surface area contributed by atoms with Crippen molar-refractivity contribution in [1.82, 2.24) is 9.78 Å². The Morgan fingerprint density at radius 1 is 1.12 bits per heavy atom. The lowest BCUT2D eigenvalue weighted by Gasteiger charge is -2.10. The fourth-order valence-electron chi connectivity index (χ4n) is 2.45. The summed E-state index contributed by atoms with van der Waals surface area (Å²) in [5.74, 6) is -0.722. The molecule has 0 saturated carbocycles. The minimum atomic E-state index is -3.43. The van der Waals surface area contributed by atoms with Crippen molar-refractivity contribution >= 4 is 21.6 Å². The number of carbonyl (C=O) groups excluding carboxylic acids is 1. The monoisotopic (exact) mass is 373 g/mol. The summed E-state index contributed by atoms with van der Waals surface area (Å²) in [6, 6.07) is 13.4. The molecule has 0 unspecified atom stereocenters. The lowest BCUT2D eigenvalue weighted by molar-refractivity contribution is 0.102. The number of nitrogens with one attached hydrogen (secondary N) is 1. The van der Waals surface area contributed by atoms with Crippen LogP contribution in [0.5, 0.6) is 0 Å². The van der Waals surface area contributed by atoms with E-state index in [-0.39, 0.29) is 22.0 Å². The molecule has 0 fully saturated rings. The van der Waals surface area contributed by atoms with Gasteiger partial charge in [0.2, 0.25) is 0 Å². The van der Waals surface area contributed by atoms with Crippen LogP contribution in [0.4, 0.5) is 10.2 Å². The number of aromatic nitrogens is 2. The van der Waals surface area contributed by atoms with E-state index in [1.54, 1.807) is 31.2 Å². The van der Waals surface area contributed by atoms with Crippen LogP contribution < -0.4 is 5.32 Å². The second kappa shape index (κ2) is 6.72. The van der Waals surface area contributed by atoms with Crippen LogP contribution in [0.3, 0.4) is 0 Å². The molecule has 2 aromatic carbocycles. The van der Waals surface area contributed by atoms with Gasteiger partial charge in [-0.3, -0.25) is 4.79 Å². The Morgan fingerprint density at radius 3 is 2.54 bits per heavy atom. The summed E-state index contributed by atoms with van der Waals surface area (Å²) in [6.45, 7) is 1.72. The molecule has 1 heterocycles. The standard InChI is InChI=1S/C18H16FN3O3S/c1-12-10-17(22(21-12)16-9-4-3-8-15(16)19)20-18(23)13-6-5-7-14(11-13)26(2,24)25/h3-11H,1-2H3,(H,20,23). The Bertz CT molecular complexity index is 1090. The summed E-state index contributed by atoms with van der Waals surface area (Å²) in [7, 11) is -3.43. The minimum Gasteiger partial charge on any atom is -0.306 e. The Morgan fingerprint density at radius 2 is 1.85 bits per heavy atom. The zero-order valence-corrected chi connectivity index (χ0v) is 14.9. The average molecular weight is 373 g/mol. The predicted molar refractivity (Wildman–Crippen MR) is 95.8 cm³/mol. The van der Waals surface area contributed by atoms with E-state index >= 15 is 0 Å². The van der Waals surface area contributed by atoms with Gasteiger partial charge in [0.25, 0.3) is 5.91 Å². The van der Waals surface area contributed by atoms with Crippen molar-refractivity contribution in [3.05, 3.63) is 71.7 Å². The summed E-state index contributed by atoms with van der Waals surface area (Å²) >= 11 is 0. The van der Waals surface area contributed by atoms with Crippen LogP contribution >= 0.6 is 0 Å². The maximum Gasteiger partial charge on any atom is 0.256 e. The Hall–Kier alpha value is -3.00. The van der Waals surface area contributed by atoms with Gasteiger partial charge in [0.05, 0.1) is 10.6 Å². The van der Waals surface area contributed by atoms with Gasteiger partial charge >= 0.3 is 0 Å². The number of benzene rings is 2. The zero-order chi connectivity index (χ0) is 18.9. The Kier molecular flexibility index (Phi) is 4.60. The third-order valence-corrected chi connectivity index (χ3v) is 4.79. The van der Waals surface area contributed by atoms with Gasteiger partial charge in [0, 0.05) is 17.9 Å². The molecular weight excluding hydrogens is 357 g/mol. The molecule has 134 valence electrons. The molecule has 0 radical (unpaired) electrons. The van der Waals surface area contributed by atoms with Crippen LogP contribution in [0.15, 0.2) is 59.5 Å². The summed E-state index contributed by atoms with van der Waals surface area (Å²) in [6.07, 6.45) is 1.07. The van der Waals surface area contributed by atoms with E-state index < -0.39 is 21.6 Å². The fourth-order valence-corrected chi connectivity index (χ4v) is 3.12. The van der Waals surface area contributed by atoms with E-state index in [4.69, 9.17) is 0 Å². The van der Waals surface area contributed by atoms with Gasteiger partial charge in [-0.1, -0.05) is 18.2 Å². The number of rotatable bonds is 4. The molecular formula is C18H16FN3O3S. The predicted octanol–water partition coefficient (Wildman–Crippen LogP) is 2.98. The third kappa shape index (κ3) is 3.65. The summed E-state index contributed by atoms with van der Waals surface area (Å²) in [5.41, 5.74) is 0.959. The number of amides is 1. The third-order valence-electron chi connectivity index (χ3n) is 3.68. The average Bonchev–Trinajstić information content (AvgIpc) is 2.94. The van der Waals surface area contributed by atoms with Crippen molar-refractivity contribution in [2.45, 2.75) is 11.8 Å². The molecule has 0 aliphatic rings. The molecule has 1 N–H and O–H groups in total. The van der Waals surface area contributed by atoms with Crippen molar-refractivity contribution in [3.8, 4) is 5.69 Å². The van der Waals surface area contributed by atoms with Gasteiger partial charge in [0.15, 0.2) is 9.84 Å². The molecule has 3 aromatic rings. The van der Waals surface area contributed by atoms with Gasteiger partial charge in [-0.25, -0.2) is 17.5 Å². The van der Waals surface area contributed by atoms with Crippen molar-refractivity contribution in [2.75, 3.05) is 11.6 Å². The van der Waals surface area contributed by atoms with Crippen LogP contribution in [0, 0.1) is 12.7 Å². The van der Waals surface area contributed by atoms with Gasteiger partial charge in [-0.2, -0.15) is 5.10 Å². The topological polar surface area (TPSA) is 81.1 Å². The van der Waals surface area contributed by atoms with Crippen LogP contribution in [-0.4, -0.2) is 30.4 Å². The molecule has 0 spiro atoms. The van der Waals surface area contributed by atoms with E-state index in [1.165, 1.54) is 35.0 Å². The number of aryl methyl sites for hydroxylation is 1. The molecule has 0 bridgehead atoms. The molecule has 1 amide bonds.